The summed E-state index contributed by atoms with van der Waals surface area (Å²) in [4.78, 5) is 29.4. The van der Waals surface area contributed by atoms with Gasteiger partial charge in [0.2, 0.25) is 11.7 Å². The molecule has 2 aliphatic heterocycles. The third-order valence-electron chi connectivity index (χ3n) is 10.6. The standard InChI is InChI=1S/C39H43Cl2N5O5/c1-48-34-20-27(21-35(49-2)36(34)50-3)37(47)45-18-14-39(25-45,28-8-9-30(40)31(41)22-28)13-17-44-15-10-29(11-16-44)46(23-26-12-19-51-24-26)38-42-32-6-4-5-7-33(32)43-38/h4-9,12,19-22,24,29H,10-11,13-18,23,25H2,1-3H3,(H,42,43). The lowest BCUT2D eigenvalue weighted by Gasteiger charge is -2.40. The number of hydrogen-bond acceptors (Lipinski definition) is 8. The van der Waals surface area contributed by atoms with E-state index in [1.54, 1.807) is 39.7 Å². The summed E-state index contributed by atoms with van der Waals surface area (Å²) in [6.45, 7) is 4.69. The maximum atomic E-state index is 14.0. The summed E-state index contributed by atoms with van der Waals surface area (Å²) in [5.41, 5.74) is 4.41. The Bertz CT molecular complexity index is 1920. The fraction of sp³-hybridized carbons (Fsp3) is 0.385. The summed E-state index contributed by atoms with van der Waals surface area (Å²) >= 11 is 13.0. The van der Waals surface area contributed by atoms with Gasteiger partial charge >= 0.3 is 0 Å². The number of imidazole rings is 1. The first-order chi connectivity index (χ1) is 24.8. The molecule has 2 fully saturated rings. The normalized spacial score (nSPS) is 18.3. The van der Waals surface area contributed by atoms with Crippen LogP contribution < -0.4 is 19.1 Å². The zero-order chi connectivity index (χ0) is 35.5. The fourth-order valence-corrected chi connectivity index (χ4v) is 8.00. The van der Waals surface area contributed by atoms with Crippen molar-refractivity contribution in [2.75, 3.05) is 59.0 Å². The highest BCUT2D eigenvalue weighted by Gasteiger charge is 2.42. The number of nitrogens with one attached hydrogen (secondary N) is 1. The number of methoxy groups -OCH3 is 3. The number of rotatable bonds is 12. The molecule has 12 heteroatoms. The monoisotopic (exact) mass is 731 g/mol. The van der Waals surface area contributed by atoms with Crippen LogP contribution in [-0.2, 0) is 12.0 Å². The SMILES string of the molecule is COc1cc(C(=O)N2CCC(CCN3CCC(N(Cc4ccoc4)c4nc5ccccc5[nH]4)CC3)(c3ccc(Cl)c(Cl)c3)C2)cc(OC)c1OC. The number of furan rings is 1. The number of piperidine rings is 1. The molecule has 4 heterocycles. The van der Waals surface area contributed by atoms with Crippen molar-refractivity contribution in [2.45, 2.75) is 43.7 Å². The van der Waals surface area contributed by atoms with Gasteiger partial charge in [0.25, 0.3) is 5.91 Å². The van der Waals surface area contributed by atoms with E-state index >= 15 is 0 Å². The Morgan fingerprint density at radius 3 is 2.41 bits per heavy atom. The number of amides is 1. The van der Waals surface area contributed by atoms with Gasteiger partial charge in [-0.2, -0.15) is 0 Å². The maximum absolute atomic E-state index is 14.0. The van der Waals surface area contributed by atoms with Crippen molar-refractivity contribution in [3.8, 4) is 17.2 Å². The van der Waals surface area contributed by atoms with E-state index < -0.39 is 0 Å². The number of carbonyl (C=O) groups is 1. The largest absolute Gasteiger partial charge is 0.493 e. The molecule has 7 rings (SSSR count). The Labute approximate surface area is 308 Å². The number of likely N-dealkylation sites (tertiary alicyclic amines) is 2. The molecule has 3 aromatic carbocycles. The summed E-state index contributed by atoms with van der Waals surface area (Å²) in [5, 5.41) is 1.04. The Hall–Kier alpha value is -4.38. The summed E-state index contributed by atoms with van der Waals surface area (Å²) in [6.07, 6.45) is 7.21. The van der Waals surface area contributed by atoms with E-state index in [1.807, 2.05) is 47.6 Å². The number of nitrogens with zero attached hydrogens (tertiary/aromatic N) is 4. The van der Waals surface area contributed by atoms with Gasteiger partial charge in [0.05, 0.1) is 54.9 Å². The number of ether oxygens (including phenoxy) is 3. The van der Waals surface area contributed by atoms with Crippen molar-refractivity contribution >= 4 is 46.1 Å². The lowest BCUT2D eigenvalue weighted by molar-refractivity contribution is 0.0779. The van der Waals surface area contributed by atoms with Gasteiger partial charge in [-0.3, -0.25) is 4.79 Å². The first kappa shape index (κ1) is 35.0. The Kier molecular flexibility index (Phi) is 10.4. The molecule has 0 aliphatic carbocycles. The number of aromatic amines is 1. The Morgan fingerprint density at radius 2 is 1.75 bits per heavy atom. The number of fused-ring (bicyclic) bond motifs is 1. The van der Waals surface area contributed by atoms with Crippen molar-refractivity contribution in [1.29, 1.82) is 0 Å². The molecule has 1 amide bonds. The van der Waals surface area contributed by atoms with Gasteiger partial charge in [0, 0.05) is 55.3 Å². The molecule has 2 saturated heterocycles. The van der Waals surface area contributed by atoms with Crippen LogP contribution >= 0.6 is 23.2 Å². The number of halogens is 2. The van der Waals surface area contributed by atoms with E-state index in [1.165, 1.54) is 0 Å². The van der Waals surface area contributed by atoms with Gasteiger partial charge in [-0.05, 0) is 80.3 Å². The Morgan fingerprint density at radius 1 is 0.980 bits per heavy atom. The third kappa shape index (κ3) is 7.22. The molecule has 1 unspecified atom stereocenters. The molecule has 5 aromatic rings. The molecule has 10 nitrogen and oxygen atoms in total. The van der Waals surface area contributed by atoms with Gasteiger partial charge in [-0.1, -0.05) is 41.4 Å². The molecule has 268 valence electrons. The van der Waals surface area contributed by atoms with E-state index in [2.05, 4.69) is 26.9 Å². The van der Waals surface area contributed by atoms with E-state index in [9.17, 15) is 4.79 Å². The predicted molar refractivity (Wildman–Crippen MR) is 200 cm³/mol. The average Bonchev–Trinajstić information content (AvgIpc) is 3.94. The van der Waals surface area contributed by atoms with Gasteiger partial charge in [0.15, 0.2) is 11.5 Å². The highest BCUT2D eigenvalue weighted by molar-refractivity contribution is 6.42. The summed E-state index contributed by atoms with van der Waals surface area (Å²) < 4.78 is 22.0. The minimum atomic E-state index is -0.289. The summed E-state index contributed by atoms with van der Waals surface area (Å²) in [6, 6.07) is 19.8. The molecular formula is C39H43Cl2N5O5. The van der Waals surface area contributed by atoms with E-state index in [0.717, 1.165) is 80.0 Å². The zero-order valence-corrected chi connectivity index (χ0v) is 30.7. The van der Waals surface area contributed by atoms with Crippen LogP contribution in [0.1, 0.15) is 47.2 Å². The molecule has 2 aliphatic rings. The van der Waals surface area contributed by atoms with Crippen molar-refractivity contribution in [3.05, 3.63) is 99.9 Å². The van der Waals surface area contributed by atoms with Crippen LogP contribution in [-0.4, -0.2) is 85.8 Å². The molecule has 51 heavy (non-hydrogen) atoms. The van der Waals surface area contributed by atoms with E-state index in [-0.39, 0.29) is 11.3 Å². The summed E-state index contributed by atoms with van der Waals surface area (Å²) in [7, 11) is 4.65. The van der Waals surface area contributed by atoms with Crippen molar-refractivity contribution in [1.82, 2.24) is 19.8 Å². The number of hydrogen-bond donors (Lipinski definition) is 1. The smallest absolute Gasteiger partial charge is 0.254 e. The first-order valence-electron chi connectivity index (χ1n) is 17.3. The number of H-pyrrole nitrogens is 1. The average molecular weight is 733 g/mol. The van der Waals surface area contributed by atoms with Crippen LogP contribution in [0.25, 0.3) is 11.0 Å². The first-order valence-corrected chi connectivity index (χ1v) is 18.1. The molecule has 1 atom stereocenters. The molecule has 0 radical (unpaired) electrons. The van der Waals surface area contributed by atoms with Gasteiger partial charge in [0.1, 0.15) is 0 Å². The lowest BCUT2D eigenvalue weighted by Crippen LogP contribution is -2.46. The Balaban J connectivity index is 1.07. The number of anilines is 1. The van der Waals surface area contributed by atoms with Crippen LogP contribution in [0, 0.1) is 0 Å². The molecule has 0 bridgehead atoms. The van der Waals surface area contributed by atoms with Gasteiger partial charge < -0.3 is 38.3 Å². The fourth-order valence-electron chi connectivity index (χ4n) is 7.70. The third-order valence-corrected chi connectivity index (χ3v) is 11.3. The number of benzene rings is 3. The van der Waals surface area contributed by atoms with Crippen LogP contribution in [0.5, 0.6) is 17.2 Å². The summed E-state index contributed by atoms with van der Waals surface area (Å²) in [5.74, 6) is 2.15. The quantitative estimate of drug-likeness (QED) is 0.139. The molecule has 0 saturated carbocycles. The second-order valence-corrected chi connectivity index (χ2v) is 14.3. The highest BCUT2D eigenvalue weighted by atomic mass is 35.5. The molecule has 0 spiro atoms. The molecule has 2 aromatic heterocycles. The van der Waals surface area contributed by atoms with Crippen LogP contribution in [0.15, 0.2) is 77.6 Å². The topological polar surface area (TPSA) is 96.3 Å². The van der Waals surface area contributed by atoms with E-state index in [4.69, 9.17) is 46.8 Å². The lowest BCUT2D eigenvalue weighted by atomic mass is 9.76. The van der Waals surface area contributed by atoms with Crippen molar-refractivity contribution < 1.29 is 23.4 Å². The zero-order valence-electron chi connectivity index (χ0n) is 29.2. The van der Waals surface area contributed by atoms with Crippen LogP contribution in [0.3, 0.4) is 0 Å². The minimum Gasteiger partial charge on any atom is -0.493 e. The van der Waals surface area contributed by atoms with Gasteiger partial charge in [-0.25, -0.2) is 4.98 Å². The maximum Gasteiger partial charge on any atom is 0.254 e. The highest BCUT2D eigenvalue weighted by Crippen LogP contribution is 2.43. The second-order valence-electron chi connectivity index (χ2n) is 13.5. The number of para-hydroxylation sites is 2. The number of aromatic nitrogens is 2. The molecule has 1 N–H and O–H groups in total. The van der Waals surface area contributed by atoms with Gasteiger partial charge in [-0.15, -0.1) is 0 Å². The second kappa shape index (κ2) is 15.1. The minimum absolute atomic E-state index is 0.0831. The molecular weight excluding hydrogens is 689 g/mol. The van der Waals surface area contributed by atoms with Crippen LogP contribution in [0.4, 0.5) is 5.95 Å². The predicted octanol–water partition coefficient (Wildman–Crippen LogP) is 7.83. The number of carbonyl (C=O) groups excluding carboxylic acids is 1. The van der Waals surface area contributed by atoms with Crippen molar-refractivity contribution in [2.24, 2.45) is 0 Å². The van der Waals surface area contributed by atoms with E-state index in [0.29, 0.717) is 52.0 Å². The van der Waals surface area contributed by atoms with Crippen LogP contribution in [0.2, 0.25) is 10.0 Å². The van der Waals surface area contributed by atoms with Crippen molar-refractivity contribution in [3.63, 3.8) is 0 Å².